The first-order valence-corrected chi connectivity index (χ1v) is 7.27. The molecule has 22 heavy (non-hydrogen) atoms. The van der Waals surface area contributed by atoms with Crippen LogP contribution in [-0.2, 0) is 6.18 Å². The van der Waals surface area contributed by atoms with Gasteiger partial charge in [-0.3, -0.25) is 0 Å². The molecule has 2 nitrogen and oxygen atoms in total. The van der Waals surface area contributed by atoms with E-state index in [-0.39, 0.29) is 0 Å². The zero-order valence-corrected chi connectivity index (χ0v) is 12.0. The molecule has 0 aliphatic carbocycles. The van der Waals surface area contributed by atoms with Crippen LogP contribution in [0.2, 0.25) is 0 Å². The van der Waals surface area contributed by atoms with Crippen LogP contribution in [0, 0.1) is 0 Å². The number of hydrogen-bond acceptors (Lipinski definition) is 2. The van der Waals surface area contributed by atoms with Gasteiger partial charge in [0, 0.05) is 31.9 Å². The van der Waals surface area contributed by atoms with E-state index in [1.807, 2.05) is 24.3 Å². The summed E-state index contributed by atoms with van der Waals surface area (Å²) >= 11 is 0. The van der Waals surface area contributed by atoms with Gasteiger partial charge in [-0.25, -0.2) is 0 Å². The average molecular weight is 306 g/mol. The van der Waals surface area contributed by atoms with E-state index in [1.165, 1.54) is 12.1 Å². The molecule has 2 aromatic rings. The van der Waals surface area contributed by atoms with Crippen LogP contribution in [0.5, 0.6) is 0 Å². The lowest BCUT2D eigenvalue weighted by Gasteiger charge is -2.29. The highest BCUT2D eigenvalue weighted by atomic mass is 19.4. The van der Waals surface area contributed by atoms with Crippen LogP contribution in [0.1, 0.15) is 5.56 Å². The molecule has 116 valence electrons. The number of benzene rings is 2. The van der Waals surface area contributed by atoms with E-state index in [0.29, 0.717) is 5.56 Å². The molecule has 1 N–H and O–H groups in total. The monoisotopic (exact) mass is 306 g/mol. The molecule has 0 bridgehead atoms. The highest BCUT2D eigenvalue weighted by Crippen LogP contribution is 2.32. The summed E-state index contributed by atoms with van der Waals surface area (Å²) in [7, 11) is 0. The van der Waals surface area contributed by atoms with Crippen molar-refractivity contribution in [3.63, 3.8) is 0 Å². The first-order chi connectivity index (χ1) is 10.5. The molecule has 1 saturated heterocycles. The van der Waals surface area contributed by atoms with Crippen molar-refractivity contribution >= 4 is 5.69 Å². The second-order valence-corrected chi connectivity index (χ2v) is 5.36. The molecule has 1 aliphatic rings. The average Bonchev–Trinajstić information content (AvgIpc) is 2.55. The van der Waals surface area contributed by atoms with Gasteiger partial charge in [0.15, 0.2) is 0 Å². The quantitative estimate of drug-likeness (QED) is 0.908. The van der Waals surface area contributed by atoms with Crippen molar-refractivity contribution in [2.75, 3.05) is 31.1 Å². The van der Waals surface area contributed by atoms with Crippen molar-refractivity contribution in [2.24, 2.45) is 0 Å². The Morgan fingerprint density at radius 3 is 2.18 bits per heavy atom. The molecule has 5 heteroatoms. The van der Waals surface area contributed by atoms with Crippen LogP contribution in [0.4, 0.5) is 18.9 Å². The number of nitrogens with zero attached hydrogens (tertiary/aromatic N) is 1. The van der Waals surface area contributed by atoms with Gasteiger partial charge in [0.25, 0.3) is 0 Å². The molecule has 0 unspecified atom stereocenters. The molecule has 0 aromatic heterocycles. The van der Waals surface area contributed by atoms with Crippen molar-refractivity contribution in [1.29, 1.82) is 0 Å². The third kappa shape index (κ3) is 3.25. The van der Waals surface area contributed by atoms with Crippen LogP contribution in [-0.4, -0.2) is 26.2 Å². The highest BCUT2D eigenvalue weighted by Gasteiger charge is 2.30. The summed E-state index contributed by atoms with van der Waals surface area (Å²) in [4.78, 5) is 2.27. The SMILES string of the molecule is FC(F)(F)c1cccc(-c2ccc(N3CCNCC3)cc2)c1. The number of anilines is 1. The third-order valence-electron chi connectivity index (χ3n) is 3.87. The molecule has 2 aromatic carbocycles. The molecule has 0 radical (unpaired) electrons. The third-order valence-corrected chi connectivity index (χ3v) is 3.87. The zero-order chi connectivity index (χ0) is 15.6. The van der Waals surface area contributed by atoms with Gasteiger partial charge >= 0.3 is 6.18 Å². The van der Waals surface area contributed by atoms with Gasteiger partial charge in [-0.1, -0.05) is 24.3 Å². The van der Waals surface area contributed by atoms with Gasteiger partial charge in [-0.15, -0.1) is 0 Å². The summed E-state index contributed by atoms with van der Waals surface area (Å²) in [6, 6.07) is 13.2. The number of alkyl halides is 3. The first-order valence-electron chi connectivity index (χ1n) is 7.27. The number of rotatable bonds is 2. The van der Waals surface area contributed by atoms with E-state index in [1.54, 1.807) is 6.07 Å². The van der Waals surface area contributed by atoms with Gasteiger partial charge < -0.3 is 10.2 Å². The fourth-order valence-corrected chi connectivity index (χ4v) is 2.66. The van der Waals surface area contributed by atoms with Crippen molar-refractivity contribution < 1.29 is 13.2 Å². The predicted molar refractivity (Wildman–Crippen MR) is 82.0 cm³/mol. The zero-order valence-electron chi connectivity index (χ0n) is 12.0. The number of hydrogen-bond donors (Lipinski definition) is 1. The summed E-state index contributed by atoms with van der Waals surface area (Å²) in [5, 5.41) is 3.29. The summed E-state index contributed by atoms with van der Waals surface area (Å²) in [6.45, 7) is 3.80. The molecule has 0 atom stereocenters. The largest absolute Gasteiger partial charge is 0.416 e. The fourth-order valence-electron chi connectivity index (χ4n) is 2.66. The van der Waals surface area contributed by atoms with Crippen LogP contribution in [0.15, 0.2) is 48.5 Å². The summed E-state index contributed by atoms with van der Waals surface area (Å²) < 4.78 is 38.3. The Morgan fingerprint density at radius 1 is 0.864 bits per heavy atom. The summed E-state index contributed by atoms with van der Waals surface area (Å²) in [5.41, 5.74) is 1.88. The van der Waals surface area contributed by atoms with E-state index in [0.717, 1.165) is 43.5 Å². The smallest absolute Gasteiger partial charge is 0.369 e. The van der Waals surface area contributed by atoms with Crippen LogP contribution in [0.25, 0.3) is 11.1 Å². The highest BCUT2D eigenvalue weighted by molar-refractivity contribution is 5.67. The summed E-state index contributed by atoms with van der Waals surface area (Å²) in [5.74, 6) is 0. The van der Waals surface area contributed by atoms with Crippen LogP contribution in [0.3, 0.4) is 0 Å². The lowest BCUT2D eigenvalue weighted by atomic mass is 10.0. The fraction of sp³-hybridized carbons (Fsp3) is 0.294. The predicted octanol–water partition coefficient (Wildman–Crippen LogP) is 3.78. The number of halogens is 3. The second-order valence-electron chi connectivity index (χ2n) is 5.36. The van der Waals surface area contributed by atoms with E-state index < -0.39 is 11.7 Å². The Morgan fingerprint density at radius 2 is 1.55 bits per heavy atom. The molecule has 3 rings (SSSR count). The number of piperazine rings is 1. The molecule has 0 amide bonds. The van der Waals surface area contributed by atoms with E-state index in [2.05, 4.69) is 10.2 Å². The summed E-state index contributed by atoms with van der Waals surface area (Å²) in [6.07, 6.45) is -4.31. The maximum absolute atomic E-state index is 12.8. The van der Waals surface area contributed by atoms with Gasteiger partial charge in [0.1, 0.15) is 0 Å². The Hall–Kier alpha value is -2.01. The standard InChI is InChI=1S/C17H17F3N2/c18-17(19,20)15-3-1-2-14(12-15)13-4-6-16(7-5-13)22-10-8-21-9-11-22/h1-7,12,21H,8-11H2. The van der Waals surface area contributed by atoms with Gasteiger partial charge in [-0.05, 0) is 35.4 Å². The van der Waals surface area contributed by atoms with Crippen molar-refractivity contribution in [3.8, 4) is 11.1 Å². The Balaban J connectivity index is 1.83. The maximum Gasteiger partial charge on any atom is 0.416 e. The van der Waals surface area contributed by atoms with Gasteiger partial charge in [-0.2, -0.15) is 13.2 Å². The minimum Gasteiger partial charge on any atom is -0.369 e. The van der Waals surface area contributed by atoms with Gasteiger partial charge in [0.05, 0.1) is 5.56 Å². The lowest BCUT2D eigenvalue weighted by Crippen LogP contribution is -2.43. The minimum absolute atomic E-state index is 0.585. The van der Waals surface area contributed by atoms with Crippen molar-refractivity contribution in [3.05, 3.63) is 54.1 Å². The molecular weight excluding hydrogens is 289 g/mol. The van der Waals surface area contributed by atoms with Crippen molar-refractivity contribution in [2.45, 2.75) is 6.18 Å². The number of nitrogens with one attached hydrogen (secondary N) is 1. The van der Waals surface area contributed by atoms with Crippen molar-refractivity contribution in [1.82, 2.24) is 5.32 Å². The van der Waals surface area contributed by atoms with Crippen LogP contribution >= 0.6 is 0 Å². The molecule has 1 aliphatic heterocycles. The first kappa shape index (κ1) is 14.9. The lowest BCUT2D eigenvalue weighted by molar-refractivity contribution is -0.137. The Bertz CT molecular complexity index is 629. The Labute approximate surface area is 127 Å². The Kier molecular flexibility index (Phi) is 4.07. The molecule has 1 heterocycles. The second kappa shape index (κ2) is 6.01. The topological polar surface area (TPSA) is 15.3 Å². The van der Waals surface area contributed by atoms with Gasteiger partial charge in [0.2, 0.25) is 0 Å². The molecule has 0 saturated carbocycles. The molecule has 1 fully saturated rings. The van der Waals surface area contributed by atoms with E-state index in [4.69, 9.17) is 0 Å². The molecular formula is C17H17F3N2. The maximum atomic E-state index is 12.8. The van der Waals surface area contributed by atoms with E-state index in [9.17, 15) is 13.2 Å². The minimum atomic E-state index is -4.31. The van der Waals surface area contributed by atoms with Crippen LogP contribution < -0.4 is 10.2 Å². The normalized spacial score (nSPS) is 15.9. The molecule has 0 spiro atoms. The van der Waals surface area contributed by atoms with E-state index >= 15 is 0 Å².